The Hall–Kier alpha value is -3.74. The topological polar surface area (TPSA) is 155 Å². The van der Waals surface area contributed by atoms with Crippen molar-refractivity contribution in [3.8, 4) is 11.5 Å². The van der Waals surface area contributed by atoms with Crippen molar-refractivity contribution in [3.05, 3.63) is 76.7 Å². The van der Waals surface area contributed by atoms with E-state index in [1.807, 2.05) is 0 Å². The molecule has 0 aromatic heterocycles. The average Bonchev–Trinajstić information content (AvgIpc) is 2.91. The molecule has 13 heteroatoms. The minimum Gasteiger partial charge on any atom is -0.495 e. The predicted molar refractivity (Wildman–Crippen MR) is 149 cm³/mol. The Balaban J connectivity index is 2.32. The van der Waals surface area contributed by atoms with E-state index in [-0.39, 0.29) is 40.5 Å². The van der Waals surface area contributed by atoms with Gasteiger partial charge in [-0.05, 0) is 23.8 Å². The number of nitrogens with zero attached hydrogens (tertiary/aromatic N) is 1. The van der Waals surface area contributed by atoms with Crippen LogP contribution >= 0.6 is 23.2 Å². The number of hydrogen-bond acceptors (Lipinski definition) is 7. The van der Waals surface area contributed by atoms with E-state index in [0.29, 0.717) is 28.5 Å². The average molecular weight is 566 g/mol. The molecule has 2 rings (SSSR count). The highest BCUT2D eigenvalue weighted by Gasteiger charge is 2.23. The first kappa shape index (κ1) is 30.5. The molecule has 0 atom stereocenters. The minimum absolute atomic E-state index is 0.0971. The van der Waals surface area contributed by atoms with E-state index in [2.05, 4.69) is 29.1 Å². The van der Waals surface area contributed by atoms with Gasteiger partial charge in [-0.15, -0.1) is 0 Å². The molecule has 0 spiro atoms. The van der Waals surface area contributed by atoms with Gasteiger partial charge < -0.3 is 30.5 Å². The molecule has 3 amide bonds. The van der Waals surface area contributed by atoms with Crippen molar-refractivity contribution in [2.75, 3.05) is 43.9 Å². The van der Waals surface area contributed by atoms with Gasteiger partial charge in [0.2, 0.25) is 11.7 Å². The van der Waals surface area contributed by atoms with Crippen LogP contribution in [0.3, 0.4) is 0 Å². The third-order valence-corrected chi connectivity index (χ3v) is 5.90. The molecule has 0 radical (unpaired) electrons. The van der Waals surface area contributed by atoms with Gasteiger partial charge in [0, 0.05) is 24.9 Å². The number of allylic oxidation sites excluding steroid dienone is 1. The zero-order chi connectivity index (χ0) is 28.4. The number of urea groups is 1. The molecular formula is C25H31Cl2N6O5+. The highest BCUT2D eigenvalue weighted by Crippen LogP contribution is 2.44. The van der Waals surface area contributed by atoms with Gasteiger partial charge in [0.15, 0.2) is 0 Å². The number of ether oxygens (including phenoxy) is 2. The summed E-state index contributed by atoms with van der Waals surface area (Å²) in [6, 6.07) is 5.89. The summed E-state index contributed by atoms with van der Waals surface area (Å²) in [5.41, 5.74) is 7.71. The number of nitrogens with two attached hydrogens (primary N) is 2. The van der Waals surface area contributed by atoms with Gasteiger partial charge in [0.05, 0.1) is 37.9 Å². The molecule has 0 bridgehead atoms. The highest BCUT2D eigenvalue weighted by molar-refractivity contribution is 6.41. The fraction of sp³-hybridized carbons (Fsp3) is 0.200. The second kappa shape index (κ2) is 14.3. The lowest BCUT2D eigenvalue weighted by Gasteiger charge is -2.21. The van der Waals surface area contributed by atoms with Crippen LogP contribution in [0.4, 0.5) is 21.9 Å². The van der Waals surface area contributed by atoms with Gasteiger partial charge in [-0.2, -0.15) is 0 Å². The van der Waals surface area contributed by atoms with E-state index < -0.39 is 11.9 Å². The third kappa shape index (κ3) is 7.63. The highest BCUT2D eigenvalue weighted by atomic mass is 35.5. The first-order chi connectivity index (χ1) is 18.1. The minimum atomic E-state index is -0.584. The Labute approximate surface area is 230 Å². The standard InChI is InChI=1S/C25H30Cl2N6O5/c1-6-21(35)31-17-10-15(12-34)7-8-16(17)30-14(2)9-20(29-13-28)33(3)25(36)32-24-22(26)18(37-4)11-19(38-5)23(24)27/h6-11,29-30,34H,1-2,12-13,28H2,3-5H3,(H,31,35)(H,32,36)/p+1. The van der Waals surface area contributed by atoms with Crippen LogP contribution in [0, 0.1) is 0 Å². The monoisotopic (exact) mass is 565 g/mol. The SMILES string of the molecule is C=CC(=O)Nc1cc(CO)ccc1NC(=C)C=C([NH2+]CN)N(C)C(=O)Nc1c(Cl)c(OC)cc(OC)c1Cl. The van der Waals surface area contributed by atoms with Gasteiger partial charge in [-0.1, -0.05) is 42.4 Å². The first-order valence-electron chi connectivity index (χ1n) is 11.1. The van der Waals surface area contributed by atoms with Crippen molar-refractivity contribution < 1.29 is 29.5 Å². The summed E-state index contributed by atoms with van der Waals surface area (Å²) in [5.74, 6) is 0.496. The van der Waals surface area contributed by atoms with Gasteiger partial charge >= 0.3 is 6.03 Å². The van der Waals surface area contributed by atoms with Crippen molar-refractivity contribution in [2.45, 2.75) is 6.61 Å². The summed E-state index contributed by atoms with van der Waals surface area (Å²) in [6.07, 6.45) is 2.71. The number of halogens is 2. The maximum atomic E-state index is 13.1. The fourth-order valence-electron chi connectivity index (χ4n) is 3.19. The number of rotatable bonds is 12. The Morgan fingerprint density at radius 3 is 2.26 bits per heavy atom. The van der Waals surface area contributed by atoms with E-state index in [9.17, 15) is 14.7 Å². The molecule has 2 aromatic carbocycles. The molecule has 0 fully saturated rings. The molecule has 0 saturated heterocycles. The summed E-state index contributed by atoms with van der Waals surface area (Å²) in [7, 11) is 4.37. The molecule has 0 unspecified atom stereocenters. The largest absolute Gasteiger partial charge is 0.495 e. The van der Waals surface area contributed by atoms with Crippen LogP contribution in [0.25, 0.3) is 0 Å². The molecule has 38 heavy (non-hydrogen) atoms. The van der Waals surface area contributed by atoms with Gasteiger partial charge in [-0.3, -0.25) is 20.7 Å². The van der Waals surface area contributed by atoms with Crippen LogP contribution in [0.2, 0.25) is 10.0 Å². The fourth-order valence-corrected chi connectivity index (χ4v) is 3.79. The normalized spacial score (nSPS) is 10.9. The number of amides is 3. The number of quaternary nitrogens is 1. The van der Waals surface area contributed by atoms with Crippen LogP contribution in [0.15, 0.2) is 61.1 Å². The molecule has 0 saturated carbocycles. The van der Waals surface area contributed by atoms with Crippen LogP contribution in [-0.2, 0) is 11.4 Å². The lowest BCUT2D eigenvalue weighted by Crippen LogP contribution is -2.87. The maximum Gasteiger partial charge on any atom is 0.330 e. The molecular weight excluding hydrogens is 535 g/mol. The molecule has 204 valence electrons. The zero-order valence-corrected chi connectivity index (χ0v) is 22.7. The number of carbonyl (C=O) groups excluding carboxylic acids is 2. The molecule has 2 aromatic rings. The van der Waals surface area contributed by atoms with Crippen LogP contribution in [0.5, 0.6) is 11.5 Å². The van der Waals surface area contributed by atoms with E-state index in [0.717, 1.165) is 6.08 Å². The smallest absolute Gasteiger partial charge is 0.330 e. The van der Waals surface area contributed by atoms with E-state index in [1.54, 1.807) is 29.6 Å². The number of aliphatic hydroxyl groups is 1. The molecule has 0 aliphatic rings. The van der Waals surface area contributed by atoms with Gasteiger partial charge in [0.1, 0.15) is 28.2 Å². The Morgan fingerprint density at radius 1 is 1.11 bits per heavy atom. The lowest BCUT2D eigenvalue weighted by molar-refractivity contribution is -0.617. The lowest BCUT2D eigenvalue weighted by atomic mass is 10.1. The van der Waals surface area contributed by atoms with Gasteiger partial charge in [-0.25, -0.2) is 4.79 Å². The number of hydrogen-bond donors (Lipinski definition) is 6. The quantitative estimate of drug-likeness (QED) is 0.131. The Bertz CT molecular complexity index is 1220. The second-order valence-electron chi connectivity index (χ2n) is 7.66. The van der Waals surface area contributed by atoms with E-state index in [1.165, 1.54) is 32.2 Å². The van der Waals surface area contributed by atoms with Crippen molar-refractivity contribution in [1.82, 2.24) is 4.90 Å². The van der Waals surface area contributed by atoms with Crippen LogP contribution in [0.1, 0.15) is 5.56 Å². The number of benzene rings is 2. The maximum absolute atomic E-state index is 13.1. The van der Waals surface area contributed by atoms with E-state index >= 15 is 0 Å². The number of methoxy groups -OCH3 is 2. The number of nitrogens with one attached hydrogen (secondary N) is 3. The summed E-state index contributed by atoms with van der Waals surface area (Å²) in [4.78, 5) is 26.3. The predicted octanol–water partition coefficient (Wildman–Crippen LogP) is 3.04. The first-order valence-corrected chi connectivity index (χ1v) is 11.9. The second-order valence-corrected chi connectivity index (χ2v) is 8.42. The summed E-state index contributed by atoms with van der Waals surface area (Å²) in [6.45, 7) is 7.35. The summed E-state index contributed by atoms with van der Waals surface area (Å²) < 4.78 is 10.5. The zero-order valence-electron chi connectivity index (χ0n) is 21.2. The molecule has 0 aliphatic carbocycles. The number of carbonyl (C=O) groups is 2. The summed E-state index contributed by atoms with van der Waals surface area (Å²) >= 11 is 12.7. The van der Waals surface area contributed by atoms with Crippen molar-refractivity contribution in [2.24, 2.45) is 5.73 Å². The van der Waals surface area contributed by atoms with Crippen molar-refractivity contribution in [1.29, 1.82) is 0 Å². The van der Waals surface area contributed by atoms with Crippen molar-refractivity contribution >= 4 is 52.2 Å². The summed E-state index contributed by atoms with van der Waals surface area (Å²) in [5, 5.41) is 19.7. The van der Waals surface area contributed by atoms with Crippen LogP contribution in [-0.4, -0.2) is 49.9 Å². The molecule has 8 N–H and O–H groups in total. The third-order valence-electron chi connectivity index (χ3n) is 5.15. The van der Waals surface area contributed by atoms with Crippen molar-refractivity contribution in [3.63, 3.8) is 0 Å². The van der Waals surface area contributed by atoms with E-state index in [4.69, 9.17) is 38.4 Å². The number of aliphatic hydroxyl groups excluding tert-OH is 1. The Morgan fingerprint density at radius 2 is 1.74 bits per heavy atom. The number of anilines is 3. The molecule has 0 heterocycles. The molecule has 11 nitrogen and oxygen atoms in total. The molecule has 0 aliphatic heterocycles. The van der Waals surface area contributed by atoms with Crippen LogP contribution < -0.4 is 36.5 Å². The van der Waals surface area contributed by atoms with Gasteiger partial charge in [0.25, 0.3) is 0 Å². The Kier molecular flexibility index (Phi) is 11.4.